The Kier molecular flexibility index (Phi) is 6.53. The van der Waals surface area contributed by atoms with Crippen LogP contribution in [0.3, 0.4) is 0 Å². The van der Waals surface area contributed by atoms with E-state index in [0.717, 1.165) is 35.3 Å². The highest BCUT2D eigenvalue weighted by atomic mass is 32.2. The average Bonchev–Trinajstić information content (AvgIpc) is 3.41. The van der Waals surface area contributed by atoms with Gasteiger partial charge >= 0.3 is 0 Å². The summed E-state index contributed by atoms with van der Waals surface area (Å²) in [5.74, 6) is 1.34. The van der Waals surface area contributed by atoms with Crippen molar-refractivity contribution < 1.29 is 0 Å². The largest absolute Gasteiger partial charge is 0.372 e. The normalized spacial score (nSPS) is 11.2. The first kappa shape index (κ1) is 21.3. The maximum Gasteiger partial charge on any atom is 0.258 e. The molecule has 31 heavy (non-hydrogen) atoms. The van der Waals surface area contributed by atoms with Crippen LogP contribution < -0.4 is 10.5 Å². The molecule has 0 amide bonds. The van der Waals surface area contributed by atoms with Gasteiger partial charge in [0.1, 0.15) is 0 Å². The quantitative estimate of drug-likeness (QED) is 0.278. The number of aromatic nitrogens is 5. The molecule has 0 radical (unpaired) electrons. The number of hydrogen-bond acceptors (Lipinski definition) is 7. The second kappa shape index (κ2) is 9.49. The molecule has 3 aromatic heterocycles. The third-order valence-corrected chi connectivity index (χ3v) is 6.74. The second-order valence-electron chi connectivity index (χ2n) is 6.85. The van der Waals surface area contributed by atoms with Crippen molar-refractivity contribution in [2.75, 3.05) is 18.0 Å². The fourth-order valence-electron chi connectivity index (χ4n) is 3.41. The molecule has 0 aliphatic rings. The number of fused-ring (bicyclic) bond motifs is 1. The van der Waals surface area contributed by atoms with E-state index in [0.29, 0.717) is 17.3 Å². The fourth-order valence-corrected chi connectivity index (χ4v) is 4.99. The number of benzene rings is 1. The summed E-state index contributed by atoms with van der Waals surface area (Å²) in [5, 5.41) is 11.5. The van der Waals surface area contributed by atoms with Crippen molar-refractivity contribution in [3.05, 3.63) is 70.6 Å². The van der Waals surface area contributed by atoms with Crippen LogP contribution in [-0.4, -0.2) is 37.2 Å². The molecule has 0 spiro atoms. The van der Waals surface area contributed by atoms with Crippen LogP contribution >= 0.6 is 23.1 Å². The summed E-state index contributed by atoms with van der Waals surface area (Å²) in [4.78, 5) is 19.8. The lowest BCUT2D eigenvalue weighted by Crippen LogP contribution is -2.21. The molecule has 0 bridgehead atoms. The van der Waals surface area contributed by atoms with Gasteiger partial charge in [-0.15, -0.1) is 28.1 Å². The molecule has 0 aliphatic carbocycles. The zero-order chi connectivity index (χ0) is 21.8. The summed E-state index contributed by atoms with van der Waals surface area (Å²) >= 11 is 2.97. The number of rotatable bonds is 9. The van der Waals surface area contributed by atoms with Crippen molar-refractivity contribution in [1.82, 2.24) is 24.1 Å². The lowest BCUT2D eigenvalue weighted by Gasteiger charge is -2.21. The predicted octanol–water partition coefficient (Wildman–Crippen LogP) is 4.34. The molecule has 7 nitrogen and oxygen atoms in total. The Bertz CT molecular complexity index is 1240. The number of thioether (sulfide) groups is 1. The molecule has 0 aliphatic heterocycles. The van der Waals surface area contributed by atoms with Crippen LogP contribution in [0.25, 0.3) is 16.3 Å². The zero-order valence-corrected chi connectivity index (χ0v) is 19.2. The maximum atomic E-state index is 12.2. The van der Waals surface area contributed by atoms with Gasteiger partial charge in [0, 0.05) is 54.3 Å². The van der Waals surface area contributed by atoms with Gasteiger partial charge in [0.2, 0.25) is 0 Å². The van der Waals surface area contributed by atoms with Crippen molar-refractivity contribution in [2.45, 2.75) is 31.3 Å². The lowest BCUT2D eigenvalue weighted by atomic mass is 10.2. The molecule has 9 heteroatoms. The van der Waals surface area contributed by atoms with Gasteiger partial charge in [-0.3, -0.25) is 13.8 Å². The molecule has 0 unspecified atom stereocenters. The van der Waals surface area contributed by atoms with Crippen molar-refractivity contribution in [1.29, 1.82) is 0 Å². The molecule has 4 aromatic rings. The van der Waals surface area contributed by atoms with E-state index >= 15 is 0 Å². The zero-order valence-electron chi connectivity index (χ0n) is 17.6. The van der Waals surface area contributed by atoms with E-state index in [4.69, 9.17) is 0 Å². The molecule has 3 heterocycles. The number of thiazole rings is 1. The highest BCUT2D eigenvalue weighted by Crippen LogP contribution is 2.27. The van der Waals surface area contributed by atoms with Crippen LogP contribution in [0, 0.1) is 0 Å². The van der Waals surface area contributed by atoms with Gasteiger partial charge in [0.25, 0.3) is 5.56 Å². The molecular formula is C22H24N6OS2. The van der Waals surface area contributed by atoms with Crippen LogP contribution in [0.1, 0.15) is 19.5 Å². The maximum absolute atomic E-state index is 12.2. The number of anilines is 1. The molecule has 0 fully saturated rings. The molecule has 1 aromatic carbocycles. The molecule has 4 rings (SSSR count). The van der Waals surface area contributed by atoms with Crippen LogP contribution in [0.5, 0.6) is 0 Å². The topological polar surface area (TPSA) is 68.3 Å². The molecule has 0 atom stereocenters. The van der Waals surface area contributed by atoms with E-state index < -0.39 is 0 Å². The van der Waals surface area contributed by atoms with Crippen LogP contribution in [0.15, 0.2) is 64.5 Å². The van der Waals surface area contributed by atoms with Gasteiger partial charge < -0.3 is 4.90 Å². The monoisotopic (exact) mass is 452 g/mol. The van der Waals surface area contributed by atoms with E-state index in [1.165, 1.54) is 28.8 Å². The molecular weight excluding hydrogens is 428 g/mol. The third kappa shape index (κ3) is 4.42. The molecule has 160 valence electrons. The van der Waals surface area contributed by atoms with Crippen molar-refractivity contribution in [3.8, 4) is 11.4 Å². The predicted molar refractivity (Wildman–Crippen MR) is 128 cm³/mol. The van der Waals surface area contributed by atoms with E-state index in [1.54, 1.807) is 16.7 Å². The smallest absolute Gasteiger partial charge is 0.258 e. The standard InChI is InChI=1S/C22H24N6OS2/c1-4-11-28-20(16-7-9-18(10-8-16)26(5-2)6-3)24-25-22(28)31-15-17-14-19(29)27-12-13-30-21(27)23-17/h4,7-10,12-14H,1,5-6,11,15H2,2-3H3. The van der Waals surface area contributed by atoms with Gasteiger partial charge in [-0.2, -0.15) is 0 Å². The van der Waals surface area contributed by atoms with Crippen molar-refractivity contribution >= 4 is 33.7 Å². The SMILES string of the molecule is C=CCn1c(SCc2cc(=O)n3ccsc3n2)nnc1-c1ccc(N(CC)CC)cc1. The summed E-state index contributed by atoms with van der Waals surface area (Å²) < 4.78 is 3.60. The average molecular weight is 453 g/mol. The minimum atomic E-state index is -0.0663. The molecule has 0 saturated heterocycles. The van der Waals surface area contributed by atoms with E-state index in [1.807, 2.05) is 16.0 Å². The first-order valence-electron chi connectivity index (χ1n) is 10.1. The van der Waals surface area contributed by atoms with Crippen molar-refractivity contribution in [2.24, 2.45) is 0 Å². The molecule has 0 N–H and O–H groups in total. The highest BCUT2D eigenvalue weighted by Gasteiger charge is 2.15. The Morgan fingerprint density at radius 2 is 1.97 bits per heavy atom. The lowest BCUT2D eigenvalue weighted by molar-refractivity contribution is 0.731. The summed E-state index contributed by atoms with van der Waals surface area (Å²) in [7, 11) is 0. The first-order valence-corrected chi connectivity index (χ1v) is 12.0. The fraction of sp³-hybridized carbons (Fsp3) is 0.273. The van der Waals surface area contributed by atoms with Crippen LogP contribution in [0.4, 0.5) is 5.69 Å². The van der Waals surface area contributed by atoms with Gasteiger partial charge in [0.15, 0.2) is 15.9 Å². The Morgan fingerprint density at radius 3 is 2.68 bits per heavy atom. The van der Waals surface area contributed by atoms with Gasteiger partial charge in [-0.25, -0.2) is 4.98 Å². The summed E-state index contributed by atoms with van der Waals surface area (Å²) in [6.07, 6.45) is 3.58. The Morgan fingerprint density at radius 1 is 1.19 bits per heavy atom. The highest BCUT2D eigenvalue weighted by molar-refractivity contribution is 7.98. The van der Waals surface area contributed by atoms with Gasteiger partial charge in [-0.05, 0) is 38.1 Å². The molecule has 0 saturated carbocycles. The second-order valence-corrected chi connectivity index (χ2v) is 8.67. The summed E-state index contributed by atoms with van der Waals surface area (Å²) in [6, 6.07) is 9.98. The summed E-state index contributed by atoms with van der Waals surface area (Å²) in [5.41, 5.74) is 2.87. The van der Waals surface area contributed by atoms with Crippen LogP contribution in [0.2, 0.25) is 0 Å². The van der Waals surface area contributed by atoms with E-state index in [2.05, 4.69) is 64.8 Å². The Balaban J connectivity index is 1.58. The Hall–Kier alpha value is -2.91. The first-order chi connectivity index (χ1) is 15.1. The van der Waals surface area contributed by atoms with Gasteiger partial charge in [0.05, 0.1) is 5.69 Å². The minimum Gasteiger partial charge on any atom is -0.372 e. The number of hydrogen-bond donors (Lipinski definition) is 0. The Labute approximate surface area is 189 Å². The van der Waals surface area contributed by atoms with E-state index in [-0.39, 0.29) is 5.56 Å². The number of allylic oxidation sites excluding steroid dienone is 1. The van der Waals surface area contributed by atoms with Crippen molar-refractivity contribution in [3.63, 3.8) is 0 Å². The minimum absolute atomic E-state index is 0.0663. The number of nitrogens with zero attached hydrogens (tertiary/aromatic N) is 6. The van der Waals surface area contributed by atoms with E-state index in [9.17, 15) is 4.79 Å². The van der Waals surface area contributed by atoms with Crippen LogP contribution in [-0.2, 0) is 12.3 Å². The third-order valence-electron chi connectivity index (χ3n) is 4.99. The van der Waals surface area contributed by atoms with Gasteiger partial charge in [-0.1, -0.05) is 17.8 Å². The summed E-state index contributed by atoms with van der Waals surface area (Å²) in [6.45, 7) is 10.7.